The van der Waals surface area contributed by atoms with Gasteiger partial charge in [0.1, 0.15) is 0 Å². The number of hydrogen-bond acceptors (Lipinski definition) is 0. The van der Waals surface area contributed by atoms with Crippen molar-refractivity contribution in [3.8, 4) is 11.1 Å². The fourth-order valence-electron chi connectivity index (χ4n) is 5.83. The van der Waals surface area contributed by atoms with Crippen molar-refractivity contribution in [3.63, 3.8) is 0 Å². The first-order valence-electron chi connectivity index (χ1n) is 14.4. The van der Waals surface area contributed by atoms with Crippen molar-refractivity contribution in [2.45, 2.75) is 111 Å². The van der Waals surface area contributed by atoms with Gasteiger partial charge in [0, 0.05) is 5.41 Å². The molecule has 0 atom stereocenters. The van der Waals surface area contributed by atoms with Crippen molar-refractivity contribution in [3.05, 3.63) is 106 Å². The molecule has 37 heavy (non-hydrogen) atoms. The Kier molecular flexibility index (Phi) is 8.94. The van der Waals surface area contributed by atoms with Gasteiger partial charge in [0.05, 0.1) is 0 Å². The molecule has 0 unspecified atom stereocenters. The lowest BCUT2D eigenvalue weighted by atomic mass is 9.67. The second-order valence-corrected chi connectivity index (χ2v) is 12.2. The van der Waals surface area contributed by atoms with Crippen LogP contribution in [0.2, 0.25) is 0 Å². The lowest BCUT2D eigenvalue weighted by Crippen LogP contribution is -2.28. The maximum atomic E-state index is 2.56. The zero-order chi connectivity index (χ0) is 27.4. The third-order valence-corrected chi connectivity index (χ3v) is 9.21. The van der Waals surface area contributed by atoms with Gasteiger partial charge in [0.2, 0.25) is 0 Å². The van der Waals surface area contributed by atoms with Crippen LogP contribution in [0.4, 0.5) is 0 Å². The summed E-state index contributed by atoms with van der Waals surface area (Å²) in [6.45, 7) is 22.8. The average Bonchev–Trinajstić information content (AvgIpc) is 3.16. The predicted octanol–water partition coefficient (Wildman–Crippen LogP) is 11.2. The molecule has 0 spiro atoms. The van der Waals surface area contributed by atoms with E-state index in [-0.39, 0.29) is 16.2 Å². The van der Waals surface area contributed by atoms with Crippen molar-refractivity contribution in [1.29, 1.82) is 0 Å². The summed E-state index contributed by atoms with van der Waals surface area (Å²) in [5, 5.41) is 0. The Labute approximate surface area is 228 Å². The SMILES string of the molecule is C/C=C\C(=C/C)CC1(CC(/C=C\C)=C/C)c2cc(C(C)(C)CC)ccc2-c2ccc(C(C)(C)CC)cc21. The number of fused-ring (bicyclic) bond motifs is 3. The van der Waals surface area contributed by atoms with Gasteiger partial charge in [-0.2, -0.15) is 0 Å². The molecule has 0 aromatic heterocycles. The highest BCUT2D eigenvalue weighted by atomic mass is 14.5. The normalized spacial score (nSPS) is 16.1. The molecule has 198 valence electrons. The lowest BCUT2D eigenvalue weighted by molar-refractivity contribution is 0.490. The Hall–Kier alpha value is -2.60. The van der Waals surface area contributed by atoms with E-state index >= 15 is 0 Å². The van der Waals surface area contributed by atoms with Crippen LogP contribution in [0.5, 0.6) is 0 Å². The zero-order valence-corrected chi connectivity index (χ0v) is 25.3. The zero-order valence-electron chi connectivity index (χ0n) is 25.3. The average molecular weight is 495 g/mol. The van der Waals surface area contributed by atoms with Gasteiger partial charge in [-0.1, -0.05) is 126 Å². The van der Waals surface area contributed by atoms with Gasteiger partial charge in [-0.05, 0) is 97.6 Å². The highest BCUT2D eigenvalue weighted by Crippen LogP contribution is 2.56. The fourth-order valence-corrected chi connectivity index (χ4v) is 5.83. The Morgan fingerprint density at radius 2 is 1.03 bits per heavy atom. The monoisotopic (exact) mass is 494 g/mol. The fraction of sp³-hybridized carbons (Fsp3) is 0.459. The molecule has 2 aromatic carbocycles. The summed E-state index contributed by atoms with van der Waals surface area (Å²) >= 11 is 0. The minimum Gasteiger partial charge on any atom is -0.0874 e. The Bertz CT molecular complexity index is 1130. The molecular weight excluding hydrogens is 444 g/mol. The van der Waals surface area contributed by atoms with E-state index in [0.29, 0.717) is 0 Å². The first kappa shape index (κ1) is 29.0. The highest BCUT2D eigenvalue weighted by molar-refractivity contribution is 5.82. The second-order valence-electron chi connectivity index (χ2n) is 12.2. The van der Waals surface area contributed by atoms with Gasteiger partial charge in [0.15, 0.2) is 0 Å². The highest BCUT2D eigenvalue weighted by Gasteiger charge is 2.44. The summed E-state index contributed by atoms with van der Waals surface area (Å²) in [7, 11) is 0. The van der Waals surface area contributed by atoms with E-state index in [2.05, 4.69) is 142 Å². The lowest BCUT2D eigenvalue weighted by Gasteiger charge is -2.36. The topological polar surface area (TPSA) is 0 Å². The molecular formula is C37H50. The molecule has 0 fully saturated rings. The van der Waals surface area contributed by atoms with Gasteiger partial charge >= 0.3 is 0 Å². The van der Waals surface area contributed by atoms with E-state index in [1.807, 2.05) is 0 Å². The van der Waals surface area contributed by atoms with Crippen molar-refractivity contribution < 1.29 is 0 Å². The van der Waals surface area contributed by atoms with Gasteiger partial charge in [-0.3, -0.25) is 0 Å². The molecule has 0 bridgehead atoms. The molecule has 1 aliphatic carbocycles. The summed E-state index contributed by atoms with van der Waals surface area (Å²) in [5.41, 5.74) is 11.7. The van der Waals surface area contributed by atoms with Crippen molar-refractivity contribution in [1.82, 2.24) is 0 Å². The van der Waals surface area contributed by atoms with Crippen LogP contribution in [0.15, 0.2) is 84.0 Å². The van der Waals surface area contributed by atoms with E-state index in [9.17, 15) is 0 Å². The quantitative estimate of drug-likeness (QED) is 0.288. The van der Waals surface area contributed by atoms with E-state index < -0.39 is 0 Å². The summed E-state index contributed by atoms with van der Waals surface area (Å²) in [6, 6.07) is 14.7. The number of rotatable bonds is 10. The van der Waals surface area contributed by atoms with Crippen LogP contribution in [0.1, 0.15) is 117 Å². The number of benzene rings is 2. The van der Waals surface area contributed by atoms with Crippen LogP contribution in [-0.4, -0.2) is 0 Å². The van der Waals surface area contributed by atoms with Crippen LogP contribution < -0.4 is 0 Å². The van der Waals surface area contributed by atoms with Gasteiger partial charge in [-0.25, -0.2) is 0 Å². The standard InChI is InChI=1S/C37H50/c1-11-17-27(13-3)25-37(26-28(14-4)18-12-2)33-23-29(35(7,8)15-5)19-21-31(33)32-22-20-30(24-34(32)37)36(9,10)16-6/h11-14,17-24H,15-16,25-26H2,1-10H3/b17-11-,18-12-,27-13+,28-14+. The first-order valence-corrected chi connectivity index (χ1v) is 14.4. The van der Waals surface area contributed by atoms with E-state index in [1.54, 1.807) is 0 Å². The van der Waals surface area contributed by atoms with E-state index in [0.717, 1.165) is 25.7 Å². The molecule has 0 radical (unpaired) electrons. The van der Waals surface area contributed by atoms with Crippen molar-refractivity contribution >= 4 is 0 Å². The molecule has 0 aliphatic heterocycles. The largest absolute Gasteiger partial charge is 0.0874 e. The predicted molar refractivity (Wildman–Crippen MR) is 166 cm³/mol. The molecule has 1 aliphatic rings. The molecule has 3 rings (SSSR count). The third kappa shape index (κ3) is 5.50. The minimum absolute atomic E-state index is 0.118. The summed E-state index contributed by atoms with van der Waals surface area (Å²) in [5.74, 6) is 0. The minimum atomic E-state index is -0.118. The van der Waals surface area contributed by atoms with Gasteiger partial charge in [0.25, 0.3) is 0 Å². The van der Waals surface area contributed by atoms with Crippen molar-refractivity contribution in [2.24, 2.45) is 0 Å². The van der Waals surface area contributed by atoms with E-state index in [1.165, 1.54) is 44.5 Å². The second kappa shape index (κ2) is 11.4. The molecule has 0 N–H and O–H groups in total. The van der Waals surface area contributed by atoms with Gasteiger partial charge in [-0.15, -0.1) is 0 Å². The molecule has 0 amide bonds. The number of hydrogen-bond donors (Lipinski definition) is 0. The van der Waals surface area contributed by atoms with Crippen molar-refractivity contribution in [2.75, 3.05) is 0 Å². The Morgan fingerprint density at radius 1 is 0.649 bits per heavy atom. The van der Waals surface area contributed by atoms with Crippen LogP contribution in [0.25, 0.3) is 11.1 Å². The maximum Gasteiger partial charge on any atom is 0.0295 e. The molecule has 0 heteroatoms. The smallest absolute Gasteiger partial charge is 0.0295 e. The summed E-state index contributed by atoms with van der Waals surface area (Å²) < 4.78 is 0. The van der Waals surface area contributed by atoms with Crippen LogP contribution in [0.3, 0.4) is 0 Å². The molecule has 0 heterocycles. The van der Waals surface area contributed by atoms with Crippen LogP contribution in [0, 0.1) is 0 Å². The summed E-state index contributed by atoms with van der Waals surface area (Å²) in [6.07, 6.45) is 17.9. The van der Waals surface area contributed by atoms with Gasteiger partial charge < -0.3 is 0 Å². The Balaban J connectivity index is 2.45. The van der Waals surface area contributed by atoms with E-state index in [4.69, 9.17) is 0 Å². The molecule has 0 saturated carbocycles. The first-order chi connectivity index (χ1) is 17.5. The Morgan fingerprint density at radius 3 is 1.32 bits per heavy atom. The molecule has 0 saturated heterocycles. The molecule has 2 aromatic rings. The molecule has 0 nitrogen and oxygen atoms in total. The maximum absolute atomic E-state index is 2.56. The summed E-state index contributed by atoms with van der Waals surface area (Å²) in [4.78, 5) is 0. The van der Waals surface area contributed by atoms with Crippen LogP contribution in [-0.2, 0) is 16.2 Å². The number of allylic oxidation sites excluding steroid dienone is 8. The van der Waals surface area contributed by atoms with Crippen LogP contribution >= 0.6 is 0 Å². The third-order valence-electron chi connectivity index (χ3n) is 9.21.